The van der Waals surface area contributed by atoms with Crippen LogP contribution in [0.5, 0.6) is 0 Å². The zero-order valence-electron chi connectivity index (χ0n) is 11.4. The Morgan fingerprint density at radius 3 is 2.62 bits per heavy atom. The van der Waals surface area contributed by atoms with E-state index in [0.29, 0.717) is 0 Å². The fourth-order valence-corrected chi connectivity index (χ4v) is 1.88. The maximum Gasteiger partial charge on any atom is 0.428 e. The van der Waals surface area contributed by atoms with E-state index in [0.717, 1.165) is 11.6 Å². The summed E-state index contributed by atoms with van der Waals surface area (Å²) < 4.78 is 44.1. The van der Waals surface area contributed by atoms with Crippen molar-refractivity contribution in [3.05, 3.63) is 40.5 Å². The van der Waals surface area contributed by atoms with Gasteiger partial charge in [-0.25, -0.2) is 10.2 Å². The van der Waals surface area contributed by atoms with Gasteiger partial charge in [0.2, 0.25) is 0 Å². The van der Waals surface area contributed by atoms with Gasteiger partial charge in [0, 0.05) is 5.56 Å². The fraction of sp³-hybridized carbons (Fsp3) is 0.286. The number of cyclic esters (lactones) is 1. The number of hydrogen-bond acceptors (Lipinski definition) is 3. The average Bonchev–Trinajstić information content (AvgIpc) is 2.38. The number of hydrogen-bond donors (Lipinski definition) is 1. The van der Waals surface area contributed by atoms with E-state index in [1.807, 2.05) is 0 Å². The molecule has 21 heavy (non-hydrogen) atoms. The van der Waals surface area contributed by atoms with Crippen LogP contribution in [-0.2, 0) is 10.9 Å². The van der Waals surface area contributed by atoms with Crippen LogP contribution >= 0.6 is 0 Å². The van der Waals surface area contributed by atoms with Crippen molar-refractivity contribution in [1.29, 1.82) is 0 Å². The molecule has 0 fully saturated rings. The first-order valence-corrected chi connectivity index (χ1v) is 6.13. The van der Waals surface area contributed by atoms with Gasteiger partial charge in [-0.15, -0.1) is 0 Å². The summed E-state index contributed by atoms with van der Waals surface area (Å²) in [4.78, 5) is 10.8. The van der Waals surface area contributed by atoms with Crippen molar-refractivity contribution >= 4 is 17.9 Å². The van der Waals surface area contributed by atoms with Crippen LogP contribution in [-0.4, -0.2) is 18.4 Å². The molecule has 0 unspecified atom stereocenters. The highest BCUT2D eigenvalue weighted by atomic mass is 19.4. The van der Waals surface area contributed by atoms with Crippen molar-refractivity contribution in [3.63, 3.8) is 0 Å². The highest BCUT2D eigenvalue weighted by Crippen LogP contribution is 2.34. The Bertz CT molecular complexity index is 630. The molecule has 112 valence electrons. The Morgan fingerprint density at radius 1 is 1.38 bits per heavy atom. The summed E-state index contributed by atoms with van der Waals surface area (Å²) >= 11 is 0. The van der Waals surface area contributed by atoms with Gasteiger partial charge >= 0.3 is 12.3 Å². The Hall–Kier alpha value is -2.31. The molecule has 1 heterocycles. The third-order valence-corrected chi connectivity index (χ3v) is 2.76. The topological polar surface area (TPSA) is 50.7 Å². The Balaban J connectivity index is 2.47. The van der Waals surface area contributed by atoms with Crippen molar-refractivity contribution in [2.24, 2.45) is 5.10 Å². The van der Waals surface area contributed by atoms with Crippen molar-refractivity contribution in [2.45, 2.75) is 20.0 Å². The van der Waals surface area contributed by atoms with Crippen molar-refractivity contribution < 1.29 is 22.7 Å². The molecule has 0 radical (unpaired) electrons. The third kappa shape index (κ3) is 3.62. The average molecular weight is 298 g/mol. The summed E-state index contributed by atoms with van der Waals surface area (Å²) in [5, 5.41) is 3.70. The smallest absolute Gasteiger partial charge is 0.428 e. The summed E-state index contributed by atoms with van der Waals surface area (Å²) in [7, 11) is 0. The molecule has 1 aromatic carbocycles. The lowest BCUT2D eigenvalue weighted by Crippen LogP contribution is -2.30. The number of nitrogens with zero attached hydrogens (tertiary/aromatic N) is 1. The van der Waals surface area contributed by atoms with Crippen LogP contribution in [0.4, 0.5) is 18.0 Å². The van der Waals surface area contributed by atoms with Gasteiger partial charge in [0.1, 0.15) is 12.3 Å². The molecule has 1 aliphatic heterocycles. The number of carbonyl (C=O) groups is 1. The molecule has 0 saturated carbocycles. The second-order valence-corrected chi connectivity index (χ2v) is 4.77. The molecule has 0 aliphatic carbocycles. The summed E-state index contributed by atoms with van der Waals surface area (Å²) in [5.41, 5.74) is 2.67. The monoisotopic (exact) mass is 298 g/mol. The molecular weight excluding hydrogens is 285 g/mol. The van der Waals surface area contributed by atoms with E-state index in [1.54, 1.807) is 13.8 Å². The van der Waals surface area contributed by atoms with E-state index < -0.39 is 17.8 Å². The molecule has 1 amide bonds. The van der Waals surface area contributed by atoms with Crippen molar-refractivity contribution in [1.82, 2.24) is 5.43 Å². The molecule has 0 spiro atoms. The Kier molecular flexibility index (Phi) is 4.02. The number of alkyl halides is 3. The lowest BCUT2D eigenvalue weighted by Gasteiger charge is -2.16. The lowest BCUT2D eigenvalue weighted by molar-refractivity contribution is -0.137. The molecule has 0 saturated heterocycles. The molecule has 0 bridgehead atoms. The van der Waals surface area contributed by atoms with Crippen LogP contribution in [0.15, 0.2) is 28.9 Å². The Labute approximate surface area is 119 Å². The van der Waals surface area contributed by atoms with Gasteiger partial charge in [-0.05, 0) is 25.5 Å². The van der Waals surface area contributed by atoms with Crippen LogP contribution in [0.2, 0.25) is 0 Å². The number of amides is 1. The minimum absolute atomic E-state index is 0.0904. The Morgan fingerprint density at radius 2 is 2.10 bits per heavy atom. The van der Waals surface area contributed by atoms with Crippen molar-refractivity contribution in [3.8, 4) is 0 Å². The van der Waals surface area contributed by atoms with E-state index in [4.69, 9.17) is 4.74 Å². The van der Waals surface area contributed by atoms with E-state index in [2.05, 4.69) is 10.5 Å². The van der Waals surface area contributed by atoms with Gasteiger partial charge in [0.15, 0.2) is 0 Å². The van der Waals surface area contributed by atoms with E-state index in [9.17, 15) is 18.0 Å². The quantitative estimate of drug-likeness (QED) is 0.907. The summed E-state index contributed by atoms with van der Waals surface area (Å²) in [6, 6.07) is 3.90. The minimum Gasteiger partial charge on any atom is -0.442 e. The predicted molar refractivity (Wildman–Crippen MR) is 71.8 cm³/mol. The molecule has 4 nitrogen and oxygen atoms in total. The van der Waals surface area contributed by atoms with Crippen LogP contribution in [0.25, 0.3) is 6.08 Å². The maximum absolute atomic E-state index is 13.1. The molecule has 2 rings (SSSR count). The van der Waals surface area contributed by atoms with Gasteiger partial charge in [0.05, 0.1) is 5.56 Å². The maximum atomic E-state index is 13.1. The zero-order valence-corrected chi connectivity index (χ0v) is 11.4. The molecule has 1 aromatic rings. The number of benzene rings is 1. The molecule has 0 atom stereocenters. The normalized spacial score (nSPS) is 14.9. The van der Waals surface area contributed by atoms with E-state index in [-0.39, 0.29) is 23.4 Å². The minimum atomic E-state index is -4.48. The first-order chi connectivity index (χ1) is 9.77. The zero-order chi connectivity index (χ0) is 15.6. The van der Waals surface area contributed by atoms with Gasteiger partial charge in [-0.3, -0.25) is 0 Å². The third-order valence-electron chi connectivity index (χ3n) is 2.76. The largest absolute Gasteiger partial charge is 0.442 e. The standard InChI is InChI=1S/C14H13F3N2O2/c1-8(2)5-9-3-4-10(6-11(9)14(15,16)17)12-7-21-13(20)19-18-12/h3-6H,7H2,1-2H3,(H,19,20). The molecule has 1 aliphatic rings. The number of nitrogens with one attached hydrogen (secondary N) is 1. The number of ether oxygens (including phenoxy) is 1. The lowest BCUT2D eigenvalue weighted by atomic mass is 9.99. The highest BCUT2D eigenvalue weighted by Gasteiger charge is 2.33. The summed E-state index contributed by atoms with van der Waals surface area (Å²) in [6.45, 7) is 3.29. The van der Waals surface area contributed by atoms with Crippen LogP contribution in [0.3, 0.4) is 0 Å². The molecule has 7 heteroatoms. The molecule has 1 N–H and O–H groups in total. The van der Waals surface area contributed by atoms with Gasteiger partial charge in [-0.2, -0.15) is 18.3 Å². The van der Waals surface area contributed by atoms with Crippen LogP contribution in [0.1, 0.15) is 30.5 Å². The SMILES string of the molecule is CC(C)=Cc1ccc(C2=NNC(=O)OC2)cc1C(F)(F)F. The highest BCUT2D eigenvalue weighted by molar-refractivity contribution is 6.04. The summed E-state index contributed by atoms with van der Waals surface area (Å²) in [5.74, 6) is 0. The van der Waals surface area contributed by atoms with E-state index >= 15 is 0 Å². The van der Waals surface area contributed by atoms with E-state index in [1.165, 1.54) is 18.2 Å². The number of hydrazone groups is 1. The first kappa shape index (κ1) is 15.1. The molecule has 0 aromatic heterocycles. The second kappa shape index (κ2) is 5.59. The van der Waals surface area contributed by atoms with Crippen LogP contribution < -0.4 is 5.43 Å². The summed E-state index contributed by atoms with van der Waals surface area (Å²) in [6.07, 6.45) is -3.74. The van der Waals surface area contributed by atoms with Crippen molar-refractivity contribution in [2.75, 3.05) is 6.61 Å². The first-order valence-electron chi connectivity index (χ1n) is 6.13. The van der Waals surface area contributed by atoms with Gasteiger partial charge in [-0.1, -0.05) is 23.8 Å². The van der Waals surface area contributed by atoms with Gasteiger partial charge < -0.3 is 4.74 Å². The number of halogens is 3. The predicted octanol–water partition coefficient (Wildman–Crippen LogP) is 3.57. The number of carbonyl (C=O) groups excluding carboxylic acids is 1. The second-order valence-electron chi connectivity index (χ2n) is 4.77. The molecular formula is C14H13F3N2O2. The number of rotatable bonds is 2. The van der Waals surface area contributed by atoms with Gasteiger partial charge in [0.25, 0.3) is 0 Å². The van der Waals surface area contributed by atoms with Crippen LogP contribution in [0, 0.1) is 0 Å². The fourth-order valence-electron chi connectivity index (χ4n) is 1.88. The number of allylic oxidation sites excluding steroid dienone is 1.